The Morgan fingerprint density at radius 1 is 0.400 bits per heavy atom. The fourth-order valence-electron chi connectivity index (χ4n) is 3.28. The Bertz CT molecular complexity index is 2510. The Labute approximate surface area is 202 Å². The molecule has 0 nitrogen and oxygen atoms in total. The van der Waals surface area contributed by atoms with Gasteiger partial charge in [-0.05, 0) is 72.7 Å². The lowest BCUT2D eigenvalue weighted by atomic mass is 9.90. The van der Waals surface area contributed by atoms with Gasteiger partial charge in [0.15, 0.2) is 0 Å². The van der Waals surface area contributed by atoms with Gasteiger partial charge in [-0.2, -0.15) is 0 Å². The minimum Gasteiger partial charge on any atom is -0.0622 e. The summed E-state index contributed by atoms with van der Waals surface area (Å²) in [5, 5.41) is -2.19. The second kappa shape index (κ2) is 6.86. The zero-order chi connectivity index (χ0) is 36.5. The lowest BCUT2D eigenvalue weighted by molar-refractivity contribution is 1.66. The highest BCUT2D eigenvalue weighted by molar-refractivity contribution is 6.13. The summed E-state index contributed by atoms with van der Waals surface area (Å²) in [6, 6.07) is -12.8. The molecular weight excluding hydrogens is 360 g/mol. The van der Waals surface area contributed by atoms with Gasteiger partial charge in [0, 0.05) is 0 Å². The summed E-state index contributed by atoms with van der Waals surface area (Å²) in [4.78, 5) is 0. The van der Waals surface area contributed by atoms with Crippen molar-refractivity contribution in [2.24, 2.45) is 0 Å². The van der Waals surface area contributed by atoms with Crippen LogP contribution in [0, 0.1) is 0 Å². The molecule has 6 aromatic carbocycles. The van der Waals surface area contributed by atoms with E-state index in [2.05, 4.69) is 0 Å². The van der Waals surface area contributed by atoms with Gasteiger partial charge in [-0.3, -0.25) is 0 Å². The molecule has 0 saturated heterocycles. The lowest BCUT2D eigenvalue weighted by Crippen LogP contribution is -1.87. The molecule has 0 aliphatic heterocycles. The first-order chi connectivity index (χ1) is 22.8. The fraction of sp³-hybridized carbons (Fsp3) is 0. The molecule has 0 heteroatoms. The van der Waals surface area contributed by atoms with Crippen molar-refractivity contribution in [3.8, 4) is 22.3 Å². The first kappa shape index (κ1) is 6.55. The maximum Gasteiger partial charge on any atom is 0.0636 e. The van der Waals surface area contributed by atoms with E-state index >= 15 is 0 Å². The van der Waals surface area contributed by atoms with E-state index in [-0.39, 0.29) is 21.5 Å². The zero-order valence-corrected chi connectivity index (χ0v) is 15.1. The highest BCUT2D eigenvalue weighted by Gasteiger charge is 2.11. The van der Waals surface area contributed by atoms with Crippen LogP contribution in [0.3, 0.4) is 0 Å². The highest BCUT2D eigenvalue weighted by atomic mass is 14.1. The first-order valence-corrected chi connectivity index (χ1v) is 8.83. The number of rotatable bonds is 2. The molecule has 0 heterocycles. The van der Waals surface area contributed by atoms with E-state index in [4.69, 9.17) is 24.7 Å². The molecular formula is C30H20. The van der Waals surface area contributed by atoms with Crippen LogP contribution in [-0.2, 0) is 0 Å². The van der Waals surface area contributed by atoms with Crippen molar-refractivity contribution in [3.63, 3.8) is 0 Å². The van der Waals surface area contributed by atoms with E-state index in [1.165, 1.54) is 0 Å². The van der Waals surface area contributed by atoms with Crippen molar-refractivity contribution in [1.82, 2.24) is 0 Å². The quantitative estimate of drug-likeness (QED) is 0.256. The van der Waals surface area contributed by atoms with E-state index < -0.39 is 148 Å². The molecule has 140 valence electrons. The monoisotopic (exact) mass is 399 g/mol. The van der Waals surface area contributed by atoms with Crippen LogP contribution in [0.25, 0.3) is 54.6 Å². The Kier molecular flexibility index (Phi) is 1.50. The average molecular weight is 400 g/mol. The molecule has 0 N–H and O–H groups in total. The molecule has 0 amide bonds. The van der Waals surface area contributed by atoms with E-state index in [0.717, 1.165) is 6.07 Å². The van der Waals surface area contributed by atoms with Gasteiger partial charge in [0.25, 0.3) is 0 Å². The molecule has 0 bridgehead atoms. The molecule has 0 atom stereocenters. The Hall–Kier alpha value is -3.90. The number of benzene rings is 6. The Morgan fingerprint density at radius 3 is 1.83 bits per heavy atom. The van der Waals surface area contributed by atoms with Gasteiger partial charge in [0.2, 0.25) is 0 Å². The van der Waals surface area contributed by atoms with Gasteiger partial charge < -0.3 is 0 Å². The molecule has 0 aromatic heterocycles. The molecule has 0 spiro atoms. The second-order valence-electron chi connectivity index (χ2n) is 6.35. The van der Waals surface area contributed by atoms with Gasteiger partial charge in [-0.1, -0.05) is 103 Å². The van der Waals surface area contributed by atoms with Gasteiger partial charge in [0.05, 0.1) is 26.0 Å². The van der Waals surface area contributed by atoms with Gasteiger partial charge in [0.1, 0.15) is 0 Å². The zero-order valence-electron chi connectivity index (χ0n) is 34.1. The number of hydrogen-bond donors (Lipinski definition) is 0. The summed E-state index contributed by atoms with van der Waals surface area (Å²) in [6.45, 7) is 0. The molecule has 0 unspecified atom stereocenters. The molecule has 6 rings (SSSR count). The van der Waals surface area contributed by atoms with Crippen LogP contribution in [0.2, 0.25) is 0 Å². The van der Waals surface area contributed by atoms with E-state index in [1.807, 2.05) is 0 Å². The lowest BCUT2D eigenvalue weighted by Gasteiger charge is -2.13. The summed E-state index contributed by atoms with van der Waals surface area (Å²) in [7, 11) is 0. The molecule has 0 fully saturated rings. The summed E-state index contributed by atoms with van der Waals surface area (Å²) < 4.78 is 162. The molecule has 6 aromatic rings. The van der Waals surface area contributed by atoms with Crippen LogP contribution >= 0.6 is 0 Å². The third kappa shape index (κ3) is 2.77. The highest BCUT2D eigenvalue weighted by Crippen LogP contribution is 2.38. The summed E-state index contributed by atoms with van der Waals surface area (Å²) >= 11 is 0. The third-order valence-electron chi connectivity index (χ3n) is 4.60. The van der Waals surface area contributed by atoms with Crippen LogP contribution in [0.5, 0.6) is 0 Å². The predicted molar refractivity (Wildman–Crippen MR) is 130 cm³/mol. The van der Waals surface area contributed by atoms with Crippen molar-refractivity contribution in [1.29, 1.82) is 0 Å². The standard InChI is InChI=1S/C30H20/c1-2-9-22(10-3-1)30-28-13-7-6-12-26(28)20-27-19-25(16-17-29(27)30)24-15-14-21-8-4-5-11-23(21)18-24/h1-20H/i1D,2D,3D,4D,5D,6D,7D,8D,9D,10D,11D,12D,13D,14D,15D,16D,17D,18D,19D. The SMILES string of the molecule is [2H]c1c([2H])c([2H])c(-c2c3c([2H])c([2H])c([2H])c([2H])c3cc3c([2H])c(-c4c([2H])c([2H])c5c([2H])c([2H])c([2H])c([2H])c5c4[2H])c([2H])c([2H])c23)c([2H])c1[2H]. The fourth-order valence-corrected chi connectivity index (χ4v) is 3.28. The maximum atomic E-state index is 9.27. The normalized spacial score (nSPS) is 20.2. The topological polar surface area (TPSA) is 0 Å². The van der Waals surface area contributed by atoms with Crippen LogP contribution in [0.1, 0.15) is 26.0 Å². The predicted octanol–water partition coefficient (Wildman–Crippen LogP) is 8.48. The minimum atomic E-state index is -0.826. The Morgan fingerprint density at radius 2 is 1.00 bits per heavy atom. The summed E-state index contributed by atoms with van der Waals surface area (Å²) in [6.07, 6.45) is 0. The third-order valence-corrected chi connectivity index (χ3v) is 4.60. The molecule has 0 saturated carbocycles. The van der Waals surface area contributed by atoms with Gasteiger partial charge in [-0.15, -0.1) is 0 Å². The van der Waals surface area contributed by atoms with E-state index in [0.29, 0.717) is 0 Å². The van der Waals surface area contributed by atoms with Crippen molar-refractivity contribution < 1.29 is 26.0 Å². The van der Waals surface area contributed by atoms with Crippen molar-refractivity contribution in [3.05, 3.63) is 121 Å². The van der Waals surface area contributed by atoms with Crippen LogP contribution in [0.15, 0.2) is 121 Å². The number of fused-ring (bicyclic) bond motifs is 3. The van der Waals surface area contributed by atoms with Crippen molar-refractivity contribution in [2.45, 2.75) is 0 Å². The molecule has 30 heavy (non-hydrogen) atoms. The molecule has 0 aliphatic rings. The van der Waals surface area contributed by atoms with Gasteiger partial charge in [-0.25, -0.2) is 0 Å². The average Bonchev–Trinajstić information content (AvgIpc) is 3.07. The van der Waals surface area contributed by atoms with E-state index in [9.17, 15) is 1.37 Å². The first-order valence-electron chi connectivity index (χ1n) is 18.3. The van der Waals surface area contributed by atoms with E-state index in [1.54, 1.807) is 0 Å². The Balaban J connectivity index is 1.93. The summed E-state index contributed by atoms with van der Waals surface area (Å²) in [5.74, 6) is 0. The van der Waals surface area contributed by atoms with Crippen LogP contribution in [-0.4, -0.2) is 0 Å². The summed E-state index contributed by atoms with van der Waals surface area (Å²) in [5.41, 5.74) is -2.12. The van der Waals surface area contributed by atoms with Crippen LogP contribution in [0.4, 0.5) is 0 Å². The minimum absolute atomic E-state index is 0.261. The van der Waals surface area contributed by atoms with Crippen molar-refractivity contribution >= 4 is 32.3 Å². The maximum absolute atomic E-state index is 9.27. The molecule has 0 radical (unpaired) electrons. The van der Waals surface area contributed by atoms with Gasteiger partial charge >= 0.3 is 0 Å². The van der Waals surface area contributed by atoms with Crippen molar-refractivity contribution in [2.75, 3.05) is 0 Å². The number of hydrogen-bond acceptors (Lipinski definition) is 0. The smallest absolute Gasteiger partial charge is 0.0622 e. The van der Waals surface area contributed by atoms with Crippen LogP contribution < -0.4 is 0 Å². The second-order valence-corrected chi connectivity index (χ2v) is 6.35. The molecule has 0 aliphatic carbocycles. The largest absolute Gasteiger partial charge is 0.0636 e.